The molecule has 2 atom stereocenters. The Morgan fingerprint density at radius 1 is 1.46 bits per heavy atom. The summed E-state index contributed by atoms with van der Waals surface area (Å²) in [5.74, 6) is -0.0542. The molecule has 0 aromatic rings. The fraction of sp³-hybridized carbons (Fsp3) is 0.889. The van der Waals surface area contributed by atoms with Crippen LogP contribution in [0.2, 0.25) is 0 Å². The normalized spacial score (nSPS) is 15.5. The van der Waals surface area contributed by atoms with Crippen LogP contribution in [-0.2, 0) is 4.79 Å². The molecule has 4 nitrogen and oxygen atoms in total. The summed E-state index contributed by atoms with van der Waals surface area (Å²) in [7, 11) is 3.96. The molecule has 13 heavy (non-hydrogen) atoms. The first-order valence-electron chi connectivity index (χ1n) is 4.62. The van der Waals surface area contributed by atoms with E-state index in [9.17, 15) is 4.79 Å². The second-order valence-electron chi connectivity index (χ2n) is 3.81. The van der Waals surface area contributed by atoms with Crippen molar-refractivity contribution in [3.63, 3.8) is 0 Å². The maximum atomic E-state index is 11.4. The van der Waals surface area contributed by atoms with E-state index in [1.807, 2.05) is 32.8 Å². The first kappa shape index (κ1) is 12.4. The van der Waals surface area contributed by atoms with Gasteiger partial charge >= 0.3 is 0 Å². The minimum Gasteiger partial charge on any atom is -0.352 e. The van der Waals surface area contributed by atoms with E-state index < -0.39 is 0 Å². The largest absolute Gasteiger partial charge is 0.352 e. The van der Waals surface area contributed by atoms with Gasteiger partial charge in [-0.25, -0.2) is 0 Å². The quantitative estimate of drug-likeness (QED) is 0.618. The summed E-state index contributed by atoms with van der Waals surface area (Å²) >= 11 is 0. The Morgan fingerprint density at radius 2 is 2.00 bits per heavy atom. The molecule has 0 saturated carbocycles. The van der Waals surface area contributed by atoms with E-state index in [1.165, 1.54) is 0 Å². The lowest BCUT2D eigenvalue weighted by Gasteiger charge is -2.19. The Kier molecular flexibility index (Phi) is 5.66. The van der Waals surface area contributed by atoms with Gasteiger partial charge in [-0.2, -0.15) is 0 Å². The van der Waals surface area contributed by atoms with Gasteiger partial charge < -0.3 is 16.0 Å². The maximum absolute atomic E-state index is 11.4. The molecular formula is C9H21N3O. The molecule has 0 aliphatic rings. The summed E-state index contributed by atoms with van der Waals surface area (Å²) in [4.78, 5) is 13.4. The molecule has 0 fully saturated rings. The van der Waals surface area contributed by atoms with E-state index in [-0.39, 0.29) is 17.9 Å². The number of nitrogens with zero attached hydrogens (tertiary/aromatic N) is 1. The van der Waals surface area contributed by atoms with Crippen LogP contribution in [0, 0.1) is 5.92 Å². The van der Waals surface area contributed by atoms with Crippen molar-refractivity contribution in [2.75, 3.05) is 27.2 Å². The summed E-state index contributed by atoms with van der Waals surface area (Å²) in [5.41, 5.74) is 5.38. The monoisotopic (exact) mass is 187 g/mol. The van der Waals surface area contributed by atoms with Gasteiger partial charge in [-0.3, -0.25) is 4.79 Å². The van der Waals surface area contributed by atoms with Gasteiger partial charge in [-0.05, 0) is 21.0 Å². The number of nitrogens with one attached hydrogen (secondary N) is 1. The number of amides is 1. The fourth-order valence-corrected chi connectivity index (χ4v) is 1.09. The molecule has 0 rings (SSSR count). The molecular weight excluding hydrogens is 166 g/mol. The van der Waals surface area contributed by atoms with Crippen molar-refractivity contribution in [3.05, 3.63) is 0 Å². The van der Waals surface area contributed by atoms with E-state index in [1.54, 1.807) is 0 Å². The zero-order valence-electron chi connectivity index (χ0n) is 9.00. The molecule has 0 aromatic heterocycles. The van der Waals surface area contributed by atoms with E-state index in [2.05, 4.69) is 5.32 Å². The zero-order chi connectivity index (χ0) is 10.4. The van der Waals surface area contributed by atoms with Crippen LogP contribution in [0.15, 0.2) is 0 Å². The van der Waals surface area contributed by atoms with Crippen molar-refractivity contribution in [3.8, 4) is 0 Å². The highest BCUT2D eigenvalue weighted by atomic mass is 16.1. The molecule has 0 radical (unpaired) electrons. The lowest BCUT2D eigenvalue weighted by atomic mass is 10.1. The van der Waals surface area contributed by atoms with Crippen LogP contribution in [-0.4, -0.2) is 44.0 Å². The summed E-state index contributed by atoms with van der Waals surface area (Å²) in [5, 5.41) is 2.90. The Hall–Kier alpha value is -0.610. The standard InChI is InChI=1S/C9H21N3O/c1-7(5-10)9(13)11-8(2)6-12(3)4/h7-8H,5-6,10H2,1-4H3,(H,11,13). The molecule has 3 N–H and O–H groups in total. The van der Waals surface area contributed by atoms with Crippen molar-refractivity contribution in [2.24, 2.45) is 11.7 Å². The third-order valence-corrected chi connectivity index (χ3v) is 1.83. The number of likely N-dealkylation sites (N-methyl/N-ethyl adjacent to an activating group) is 1. The van der Waals surface area contributed by atoms with E-state index in [4.69, 9.17) is 5.73 Å². The first-order chi connectivity index (χ1) is 5.97. The number of carbonyl (C=O) groups is 1. The fourth-order valence-electron chi connectivity index (χ4n) is 1.09. The number of hydrogen-bond acceptors (Lipinski definition) is 3. The number of hydrogen-bond donors (Lipinski definition) is 2. The van der Waals surface area contributed by atoms with Gasteiger partial charge in [0.05, 0.1) is 0 Å². The van der Waals surface area contributed by atoms with E-state index in [0.29, 0.717) is 6.54 Å². The first-order valence-corrected chi connectivity index (χ1v) is 4.62. The molecule has 4 heteroatoms. The molecule has 0 saturated heterocycles. The molecule has 1 amide bonds. The third-order valence-electron chi connectivity index (χ3n) is 1.83. The average Bonchev–Trinajstić information content (AvgIpc) is 2.01. The van der Waals surface area contributed by atoms with Crippen molar-refractivity contribution >= 4 is 5.91 Å². The third kappa shape index (κ3) is 5.60. The van der Waals surface area contributed by atoms with E-state index in [0.717, 1.165) is 6.54 Å². The van der Waals surface area contributed by atoms with Crippen LogP contribution in [0.5, 0.6) is 0 Å². The molecule has 78 valence electrons. The predicted octanol–water partition coefficient (Wildman–Crippen LogP) is -0.352. The van der Waals surface area contributed by atoms with Gasteiger partial charge in [-0.15, -0.1) is 0 Å². The molecule has 0 aromatic carbocycles. The van der Waals surface area contributed by atoms with Gasteiger partial charge in [-0.1, -0.05) is 6.92 Å². The molecule has 0 heterocycles. The summed E-state index contributed by atoms with van der Waals surface area (Å²) in [6.45, 7) is 5.07. The Labute approximate surface area is 80.5 Å². The highest BCUT2D eigenvalue weighted by molar-refractivity contribution is 5.78. The minimum atomic E-state index is -0.0930. The number of nitrogens with two attached hydrogens (primary N) is 1. The van der Waals surface area contributed by atoms with Crippen LogP contribution in [0.4, 0.5) is 0 Å². The average molecular weight is 187 g/mol. The second kappa shape index (κ2) is 5.94. The molecule has 0 spiro atoms. The molecule has 0 bridgehead atoms. The van der Waals surface area contributed by atoms with E-state index >= 15 is 0 Å². The number of rotatable bonds is 5. The van der Waals surface area contributed by atoms with Crippen LogP contribution < -0.4 is 11.1 Å². The molecule has 2 unspecified atom stereocenters. The van der Waals surface area contributed by atoms with Crippen LogP contribution in [0.25, 0.3) is 0 Å². The topological polar surface area (TPSA) is 58.4 Å². The molecule has 0 aliphatic heterocycles. The van der Waals surface area contributed by atoms with Gasteiger partial charge in [0.15, 0.2) is 0 Å². The van der Waals surface area contributed by atoms with Crippen molar-refractivity contribution in [1.29, 1.82) is 0 Å². The number of carbonyl (C=O) groups excluding carboxylic acids is 1. The Balaban J connectivity index is 3.77. The Morgan fingerprint density at radius 3 is 2.38 bits per heavy atom. The lowest BCUT2D eigenvalue weighted by Crippen LogP contribution is -2.43. The van der Waals surface area contributed by atoms with Crippen LogP contribution in [0.1, 0.15) is 13.8 Å². The lowest BCUT2D eigenvalue weighted by molar-refractivity contribution is -0.124. The van der Waals surface area contributed by atoms with Gasteiger partial charge in [0.2, 0.25) is 5.91 Å². The summed E-state index contributed by atoms with van der Waals surface area (Å²) < 4.78 is 0. The smallest absolute Gasteiger partial charge is 0.224 e. The Bertz CT molecular complexity index is 159. The van der Waals surface area contributed by atoms with Gasteiger partial charge in [0.25, 0.3) is 0 Å². The predicted molar refractivity (Wildman–Crippen MR) is 54.4 cm³/mol. The van der Waals surface area contributed by atoms with Crippen molar-refractivity contribution < 1.29 is 4.79 Å². The SMILES string of the molecule is CC(CN(C)C)NC(=O)C(C)CN. The van der Waals surface area contributed by atoms with Crippen molar-refractivity contribution in [2.45, 2.75) is 19.9 Å². The van der Waals surface area contributed by atoms with Crippen LogP contribution in [0.3, 0.4) is 0 Å². The maximum Gasteiger partial charge on any atom is 0.224 e. The van der Waals surface area contributed by atoms with Crippen molar-refractivity contribution in [1.82, 2.24) is 10.2 Å². The minimum absolute atomic E-state index is 0.0388. The van der Waals surface area contributed by atoms with Crippen LogP contribution >= 0.6 is 0 Å². The van der Waals surface area contributed by atoms with Gasteiger partial charge in [0.1, 0.15) is 0 Å². The summed E-state index contributed by atoms with van der Waals surface area (Å²) in [6.07, 6.45) is 0. The van der Waals surface area contributed by atoms with Gasteiger partial charge in [0, 0.05) is 25.0 Å². The second-order valence-corrected chi connectivity index (χ2v) is 3.81. The highest BCUT2D eigenvalue weighted by Gasteiger charge is 2.13. The molecule has 0 aliphatic carbocycles. The summed E-state index contributed by atoms with van der Waals surface area (Å²) in [6, 6.07) is 0.177. The highest BCUT2D eigenvalue weighted by Crippen LogP contribution is 1.93. The zero-order valence-corrected chi connectivity index (χ0v) is 9.00.